The quantitative estimate of drug-likeness (QED) is 0.651. The highest BCUT2D eigenvalue weighted by Crippen LogP contribution is 2.18. The van der Waals surface area contributed by atoms with Crippen molar-refractivity contribution in [2.45, 2.75) is 20.3 Å². The lowest BCUT2D eigenvalue weighted by Gasteiger charge is -1.97. The van der Waals surface area contributed by atoms with Gasteiger partial charge in [0.2, 0.25) is 0 Å². The van der Waals surface area contributed by atoms with Crippen LogP contribution in [0.25, 0.3) is 0 Å². The molecule has 0 atom stereocenters. The van der Waals surface area contributed by atoms with Crippen molar-refractivity contribution < 1.29 is 19.4 Å². The number of carbonyl (C=O) groups is 2. The third kappa shape index (κ3) is 3.89. The van der Waals surface area contributed by atoms with Crippen molar-refractivity contribution in [3.63, 3.8) is 0 Å². The number of carboxylic acid groups (broad SMARTS) is 1. The molecule has 1 rings (SSSR count). The highest BCUT2D eigenvalue weighted by molar-refractivity contribution is 7.14. The van der Waals surface area contributed by atoms with E-state index in [1.54, 1.807) is 13.8 Å². The van der Waals surface area contributed by atoms with E-state index in [1.165, 1.54) is 0 Å². The van der Waals surface area contributed by atoms with E-state index in [0.29, 0.717) is 22.2 Å². The summed E-state index contributed by atoms with van der Waals surface area (Å²) in [5, 5.41) is 8.84. The van der Waals surface area contributed by atoms with Crippen LogP contribution in [0, 0.1) is 18.8 Å². The highest BCUT2D eigenvalue weighted by atomic mass is 32.1. The SMILES string of the molecule is CCOC(=O)c1sc(C#CCC(=O)O)nc1C. The fourth-order valence-corrected chi connectivity index (χ4v) is 1.87. The maximum atomic E-state index is 11.5. The number of aromatic nitrogens is 1. The summed E-state index contributed by atoms with van der Waals surface area (Å²) in [7, 11) is 0. The molecule has 5 nitrogen and oxygen atoms in total. The van der Waals surface area contributed by atoms with Gasteiger partial charge in [0.25, 0.3) is 0 Å². The monoisotopic (exact) mass is 253 g/mol. The second-order valence-electron chi connectivity index (χ2n) is 3.03. The molecule has 1 aromatic rings. The number of rotatable bonds is 3. The molecule has 0 aliphatic rings. The summed E-state index contributed by atoms with van der Waals surface area (Å²) in [6, 6.07) is 0. The number of esters is 1. The number of carboxylic acids is 1. The minimum absolute atomic E-state index is 0.243. The molecule has 1 heterocycles. The number of thiazole rings is 1. The number of ether oxygens (including phenoxy) is 1. The normalized spacial score (nSPS) is 9.29. The third-order valence-corrected chi connectivity index (χ3v) is 2.75. The van der Waals surface area contributed by atoms with E-state index in [1.807, 2.05) is 0 Å². The third-order valence-electron chi connectivity index (χ3n) is 1.69. The van der Waals surface area contributed by atoms with Gasteiger partial charge in [-0.25, -0.2) is 9.78 Å². The van der Waals surface area contributed by atoms with Crippen molar-refractivity contribution in [2.75, 3.05) is 6.61 Å². The predicted octanol–water partition coefficient (Wildman–Crippen LogP) is 1.45. The first kappa shape index (κ1) is 13.2. The van der Waals surface area contributed by atoms with Gasteiger partial charge in [-0.05, 0) is 19.8 Å². The Morgan fingerprint density at radius 3 is 2.82 bits per heavy atom. The number of hydrogen-bond donors (Lipinski definition) is 1. The topological polar surface area (TPSA) is 76.5 Å². The van der Waals surface area contributed by atoms with Crippen LogP contribution in [0.1, 0.15) is 33.7 Å². The van der Waals surface area contributed by atoms with Gasteiger partial charge in [-0.2, -0.15) is 0 Å². The summed E-state index contributed by atoms with van der Waals surface area (Å²) in [5.41, 5.74) is 0.549. The zero-order valence-corrected chi connectivity index (χ0v) is 10.3. The molecule has 0 saturated heterocycles. The van der Waals surface area contributed by atoms with E-state index in [-0.39, 0.29) is 6.42 Å². The molecular formula is C11H11NO4S. The lowest BCUT2D eigenvalue weighted by molar-refractivity contribution is -0.135. The molecule has 90 valence electrons. The van der Waals surface area contributed by atoms with E-state index in [4.69, 9.17) is 9.84 Å². The van der Waals surface area contributed by atoms with Crippen LogP contribution in [0.3, 0.4) is 0 Å². The minimum Gasteiger partial charge on any atom is -0.481 e. The zero-order valence-electron chi connectivity index (χ0n) is 9.44. The lowest BCUT2D eigenvalue weighted by Crippen LogP contribution is -2.03. The number of aryl methyl sites for hydroxylation is 1. The second kappa shape index (κ2) is 6.01. The number of aliphatic carboxylic acids is 1. The molecule has 0 aliphatic carbocycles. The summed E-state index contributed by atoms with van der Waals surface area (Å²) in [6.07, 6.45) is -0.243. The Kier molecular flexibility index (Phi) is 4.67. The van der Waals surface area contributed by atoms with Crippen molar-refractivity contribution in [3.8, 4) is 11.8 Å². The molecule has 0 amide bonds. The molecule has 0 unspecified atom stereocenters. The van der Waals surface area contributed by atoms with Gasteiger partial charge in [0.05, 0.1) is 12.3 Å². The van der Waals surface area contributed by atoms with E-state index < -0.39 is 11.9 Å². The molecule has 0 aliphatic heterocycles. The predicted molar refractivity (Wildman–Crippen MR) is 61.9 cm³/mol. The van der Waals surface area contributed by atoms with Crippen molar-refractivity contribution in [2.24, 2.45) is 0 Å². The van der Waals surface area contributed by atoms with Crippen molar-refractivity contribution in [1.82, 2.24) is 4.98 Å². The van der Waals surface area contributed by atoms with Crippen molar-refractivity contribution in [1.29, 1.82) is 0 Å². The van der Waals surface area contributed by atoms with Gasteiger partial charge < -0.3 is 9.84 Å². The number of hydrogen-bond acceptors (Lipinski definition) is 5. The number of nitrogens with zero attached hydrogens (tertiary/aromatic N) is 1. The maximum absolute atomic E-state index is 11.5. The van der Waals surface area contributed by atoms with E-state index in [9.17, 15) is 9.59 Å². The Labute approximate surface area is 102 Å². The summed E-state index contributed by atoms with van der Waals surface area (Å²) in [4.78, 5) is 26.2. The largest absolute Gasteiger partial charge is 0.481 e. The van der Waals surface area contributed by atoms with Crippen LogP contribution >= 0.6 is 11.3 Å². The molecule has 0 radical (unpaired) electrons. The maximum Gasteiger partial charge on any atom is 0.350 e. The zero-order chi connectivity index (χ0) is 12.8. The summed E-state index contributed by atoms with van der Waals surface area (Å²) in [5.74, 6) is 3.65. The fourth-order valence-electron chi connectivity index (χ4n) is 1.03. The molecule has 1 aromatic heterocycles. The summed E-state index contributed by atoms with van der Waals surface area (Å²) in [6.45, 7) is 3.71. The highest BCUT2D eigenvalue weighted by Gasteiger charge is 2.15. The minimum atomic E-state index is -0.989. The fraction of sp³-hybridized carbons (Fsp3) is 0.364. The van der Waals surface area contributed by atoms with Crippen LogP contribution < -0.4 is 0 Å². The van der Waals surface area contributed by atoms with Gasteiger partial charge in [-0.3, -0.25) is 4.79 Å². The van der Waals surface area contributed by atoms with E-state index in [0.717, 1.165) is 11.3 Å². The molecule has 0 aromatic carbocycles. The van der Waals surface area contributed by atoms with Gasteiger partial charge in [0.15, 0.2) is 5.01 Å². The van der Waals surface area contributed by atoms with Gasteiger partial charge in [-0.15, -0.1) is 0 Å². The van der Waals surface area contributed by atoms with Crippen LogP contribution in [0.15, 0.2) is 0 Å². The standard InChI is InChI=1S/C11H11NO4S/c1-3-16-11(15)10-7(2)12-8(17-10)5-4-6-9(13)14/h3,6H2,1-2H3,(H,13,14). The first-order chi connectivity index (χ1) is 8.04. The van der Waals surface area contributed by atoms with Crippen molar-refractivity contribution >= 4 is 23.3 Å². The summed E-state index contributed by atoms with van der Waals surface area (Å²) >= 11 is 1.11. The van der Waals surface area contributed by atoms with Crippen molar-refractivity contribution in [3.05, 3.63) is 15.6 Å². The first-order valence-corrected chi connectivity index (χ1v) is 5.71. The first-order valence-electron chi connectivity index (χ1n) is 4.89. The molecule has 0 saturated carbocycles. The lowest BCUT2D eigenvalue weighted by atomic mass is 10.4. The van der Waals surface area contributed by atoms with Crippen LogP contribution in [0.2, 0.25) is 0 Å². The van der Waals surface area contributed by atoms with Gasteiger partial charge in [0.1, 0.15) is 11.3 Å². The van der Waals surface area contributed by atoms with Gasteiger partial charge in [-0.1, -0.05) is 17.3 Å². The molecule has 1 N–H and O–H groups in total. The average Bonchev–Trinajstić information content (AvgIpc) is 2.59. The average molecular weight is 253 g/mol. The summed E-state index contributed by atoms with van der Waals surface area (Å²) < 4.78 is 4.85. The van der Waals surface area contributed by atoms with Crippen LogP contribution in [0.5, 0.6) is 0 Å². The molecule has 17 heavy (non-hydrogen) atoms. The second-order valence-corrected chi connectivity index (χ2v) is 4.03. The van der Waals surface area contributed by atoms with E-state index >= 15 is 0 Å². The van der Waals surface area contributed by atoms with Gasteiger partial charge >= 0.3 is 11.9 Å². The Balaban J connectivity index is 2.83. The molecule has 0 bridgehead atoms. The van der Waals surface area contributed by atoms with Crippen LogP contribution in [-0.2, 0) is 9.53 Å². The smallest absolute Gasteiger partial charge is 0.350 e. The Hall–Kier alpha value is -1.87. The molecule has 6 heteroatoms. The van der Waals surface area contributed by atoms with E-state index in [2.05, 4.69) is 16.8 Å². The molecule has 0 fully saturated rings. The molecular weight excluding hydrogens is 242 g/mol. The Bertz CT molecular complexity index is 495. The molecule has 0 spiro atoms. The van der Waals surface area contributed by atoms with Gasteiger partial charge in [0, 0.05) is 0 Å². The Morgan fingerprint density at radius 2 is 2.24 bits per heavy atom. The number of carbonyl (C=O) groups excluding carboxylic acids is 1. The Morgan fingerprint density at radius 1 is 1.53 bits per heavy atom. The van der Waals surface area contributed by atoms with Crippen LogP contribution in [0.4, 0.5) is 0 Å². The van der Waals surface area contributed by atoms with Crippen LogP contribution in [-0.4, -0.2) is 28.6 Å².